The molecule has 34 heavy (non-hydrogen) atoms. The highest BCUT2D eigenvalue weighted by atomic mass is 32.2. The molecule has 3 atom stereocenters. The van der Waals surface area contributed by atoms with Crippen molar-refractivity contribution in [3.8, 4) is 0 Å². The van der Waals surface area contributed by atoms with Crippen molar-refractivity contribution in [2.75, 3.05) is 12.9 Å². The normalized spacial score (nSPS) is 13.7. The van der Waals surface area contributed by atoms with E-state index in [0.717, 1.165) is 12.7 Å². The number of nitrogens with one attached hydrogen (secondary N) is 2. The molecule has 0 aliphatic carbocycles. The smallest absolute Gasteiger partial charge is 0.408 e. The predicted molar refractivity (Wildman–Crippen MR) is 122 cm³/mol. The maximum Gasteiger partial charge on any atom is 0.408 e. The Hall–Kier alpha value is -3.44. The average molecular weight is 493 g/mol. The summed E-state index contributed by atoms with van der Waals surface area (Å²) in [6.07, 6.45) is -2.57. The zero-order valence-electron chi connectivity index (χ0n) is 18.8. The van der Waals surface area contributed by atoms with Gasteiger partial charge in [0.1, 0.15) is 18.7 Å². The van der Waals surface area contributed by atoms with Gasteiger partial charge in [-0.1, -0.05) is 48.5 Å². The van der Waals surface area contributed by atoms with E-state index in [9.17, 15) is 27.9 Å². The number of aliphatic hydroxyl groups excluding tert-OH is 1. The van der Waals surface area contributed by atoms with Crippen LogP contribution in [0.4, 0.5) is 4.79 Å². The van der Waals surface area contributed by atoms with Gasteiger partial charge < -0.3 is 25.2 Å². The first-order valence-electron chi connectivity index (χ1n) is 10.5. The van der Waals surface area contributed by atoms with Gasteiger partial charge in [-0.3, -0.25) is 4.79 Å². The minimum Gasteiger partial charge on any atom is -0.467 e. The van der Waals surface area contributed by atoms with Crippen LogP contribution < -0.4 is 10.6 Å². The molecular formula is C23H28N2O8S. The maximum atomic E-state index is 12.7. The number of carbonyl (C=O) groups excluding carboxylic acids is 3. The van der Waals surface area contributed by atoms with Crippen molar-refractivity contribution in [3.05, 3.63) is 66.2 Å². The number of esters is 1. The summed E-state index contributed by atoms with van der Waals surface area (Å²) in [4.78, 5) is 37.1. The van der Waals surface area contributed by atoms with Gasteiger partial charge in [-0.2, -0.15) is 0 Å². The van der Waals surface area contributed by atoms with Gasteiger partial charge in [0, 0.05) is 0 Å². The Kier molecular flexibility index (Phi) is 10.0. The van der Waals surface area contributed by atoms with Crippen molar-refractivity contribution in [1.29, 1.82) is 0 Å². The van der Waals surface area contributed by atoms with Crippen LogP contribution in [0.5, 0.6) is 0 Å². The van der Waals surface area contributed by atoms with E-state index >= 15 is 0 Å². The molecule has 184 valence electrons. The molecule has 0 fully saturated rings. The number of rotatable bonds is 11. The first-order valence-corrected chi connectivity index (χ1v) is 12.1. The van der Waals surface area contributed by atoms with E-state index in [-0.39, 0.29) is 17.9 Å². The maximum absolute atomic E-state index is 12.7. The number of benzene rings is 2. The summed E-state index contributed by atoms with van der Waals surface area (Å²) in [7, 11) is -2.62. The molecule has 0 radical (unpaired) electrons. The fourth-order valence-electron chi connectivity index (χ4n) is 2.97. The third-order valence-electron chi connectivity index (χ3n) is 4.83. The molecular weight excluding hydrogens is 464 g/mol. The van der Waals surface area contributed by atoms with Gasteiger partial charge in [-0.25, -0.2) is 18.0 Å². The fourth-order valence-corrected chi connectivity index (χ4v) is 4.32. The Morgan fingerprint density at radius 1 is 0.971 bits per heavy atom. The Morgan fingerprint density at radius 3 is 2.12 bits per heavy atom. The van der Waals surface area contributed by atoms with E-state index in [1.165, 1.54) is 19.1 Å². The van der Waals surface area contributed by atoms with Crippen LogP contribution in [0, 0.1) is 0 Å². The fraction of sp³-hybridized carbons (Fsp3) is 0.348. The Labute approximate surface area is 198 Å². The molecule has 3 N–H and O–H groups in total. The summed E-state index contributed by atoms with van der Waals surface area (Å²) < 4.78 is 34.8. The number of aliphatic hydroxyl groups is 1. The summed E-state index contributed by atoms with van der Waals surface area (Å²) in [6, 6.07) is 13.7. The van der Waals surface area contributed by atoms with Crippen LogP contribution in [0.1, 0.15) is 18.9 Å². The Bertz CT molecular complexity index is 1060. The first-order chi connectivity index (χ1) is 16.1. The van der Waals surface area contributed by atoms with Crippen molar-refractivity contribution in [1.82, 2.24) is 10.6 Å². The summed E-state index contributed by atoms with van der Waals surface area (Å²) in [5.41, 5.74) is 0.723. The molecule has 0 saturated carbocycles. The van der Waals surface area contributed by atoms with Crippen molar-refractivity contribution < 1.29 is 37.4 Å². The summed E-state index contributed by atoms with van der Waals surface area (Å²) >= 11 is 0. The highest BCUT2D eigenvalue weighted by Gasteiger charge is 2.31. The van der Waals surface area contributed by atoms with Gasteiger partial charge in [-0.05, 0) is 31.0 Å². The second-order valence-electron chi connectivity index (χ2n) is 7.43. The molecule has 0 saturated heterocycles. The van der Waals surface area contributed by atoms with Crippen LogP contribution in [-0.2, 0) is 35.5 Å². The van der Waals surface area contributed by atoms with Crippen molar-refractivity contribution >= 4 is 27.8 Å². The van der Waals surface area contributed by atoms with Crippen molar-refractivity contribution in [3.63, 3.8) is 0 Å². The van der Waals surface area contributed by atoms with E-state index < -0.39 is 51.7 Å². The topological polar surface area (TPSA) is 148 Å². The zero-order chi connectivity index (χ0) is 25.1. The quantitative estimate of drug-likeness (QED) is 0.396. The van der Waals surface area contributed by atoms with Crippen LogP contribution in [0.15, 0.2) is 65.6 Å². The molecule has 0 unspecified atom stereocenters. The summed E-state index contributed by atoms with van der Waals surface area (Å²) in [5, 5.41) is 14.6. The van der Waals surface area contributed by atoms with Crippen molar-refractivity contribution in [2.24, 2.45) is 0 Å². The number of hydrogen-bond acceptors (Lipinski definition) is 8. The number of ether oxygens (including phenoxy) is 2. The minimum absolute atomic E-state index is 0.0526. The van der Waals surface area contributed by atoms with Crippen LogP contribution in [0.3, 0.4) is 0 Å². The van der Waals surface area contributed by atoms with E-state index in [0.29, 0.717) is 0 Å². The number of hydrogen-bond donors (Lipinski definition) is 3. The molecule has 0 heterocycles. The lowest BCUT2D eigenvalue weighted by Gasteiger charge is -2.23. The van der Waals surface area contributed by atoms with E-state index in [1.807, 2.05) is 0 Å². The van der Waals surface area contributed by atoms with Crippen LogP contribution in [0.2, 0.25) is 0 Å². The van der Waals surface area contributed by atoms with Gasteiger partial charge in [0.05, 0.1) is 23.9 Å². The highest BCUT2D eigenvalue weighted by Crippen LogP contribution is 2.13. The van der Waals surface area contributed by atoms with E-state index in [2.05, 4.69) is 15.4 Å². The lowest BCUT2D eigenvalue weighted by atomic mass is 10.1. The molecule has 10 nitrogen and oxygen atoms in total. The molecule has 2 aromatic rings. The Morgan fingerprint density at radius 2 is 1.56 bits per heavy atom. The van der Waals surface area contributed by atoms with Gasteiger partial charge >= 0.3 is 12.1 Å². The second kappa shape index (κ2) is 12.7. The molecule has 2 aromatic carbocycles. The molecule has 2 rings (SSSR count). The van der Waals surface area contributed by atoms with Crippen molar-refractivity contribution in [2.45, 2.75) is 43.0 Å². The van der Waals surface area contributed by atoms with Gasteiger partial charge in [0.25, 0.3) is 0 Å². The summed E-state index contributed by atoms with van der Waals surface area (Å²) in [5.74, 6) is -2.21. The third kappa shape index (κ3) is 8.16. The lowest BCUT2D eigenvalue weighted by Crippen LogP contribution is -2.56. The number of amides is 2. The number of alkyl carbamates (subject to hydrolysis) is 1. The highest BCUT2D eigenvalue weighted by molar-refractivity contribution is 7.91. The molecule has 0 aromatic heterocycles. The minimum atomic E-state index is -3.72. The van der Waals surface area contributed by atoms with Gasteiger partial charge in [-0.15, -0.1) is 0 Å². The van der Waals surface area contributed by atoms with Crippen LogP contribution in [-0.4, -0.2) is 62.5 Å². The lowest BCUT2D eigenvalue weighted by molar-refractivity contribution is -0.145. The zero-order valence-corrected chi connectivity index (χ0v) is 19.7. The van der Waals surface area contributed by atoms with Crippen LogP contribution in [0.25, 0.3) is 0 Å². The van der Waals surface area contributed by atoms with E-state index in [1.54, 1.807) is 48.5 Å². The average Bonchev–Trinajstić information content (AvgIpc) is 2.84. The molecule has 2 amide bonds. The van der Waals surface area contributed by atoms with E-state index in [4.69, 9.17) is 4.74 Å². The predicted octanol–water partition coefficient (Wildman–Crippen LogP) is 1.18. The number of carbonyl (C=O) groups is 3. The molecule has 0 aliphatic heterocycles. The SMILES string of the molecule is COC(=O)[C@@H](CCS(=O)(=O)c1ccccc1)NC(=O)[C@@H](NC(=O)OCc1ccccc1)[C@@H](C)O. The second-order valence-corrected chi connectivity index (χ2v) is 9.54. The molecule has 0 aliphatic rings. The third-order valence-corrected chi connectivity index (χ3v) is 6.59. The summed E-state index contributed by atoms with van der Waals surface area (Å²) in [6.45, 7) is 1.22. The van der Waals surface area contributed by atoms with Gasteiger partial charge in [0.15, 0.2) is 9.84 Å². The standard InChI is InChI=1S/C23H28N2O8S/c1-16(26)20(25-23(29)33-15-17-9-5-3-6-10-17)21(27)24-19(22(28)32-2)13-14-34(30,31)18-11-7-4-8-12-18/h3-12,16,19-20,26H,13-15H2,1-2H3,(H,24,27)(H,25,29)/t16-,19-,20+/m1/s1. The molecule has 11 heteroatoms. The number of methoxy groups -OCH3 is 1. The number of sulfone groups is 1. The molecule has 0 bridgehead atoms. The van der Waals surface area contributed by atoms with Gasteiger partial charge in [0.2, 0.25) is 5.91 Å². The molecule has 0 spiro atoms. The van der Waals surface area contributed by atoms with Crippen LogP contribution >= 0.6 is 0 Å². The largest absolute Gasteiger partial charge is 0.467 e. The Balaban J connectivity index is 2.01. The monoisotopic (exact) mass is 492 g/mol. The first kappa shape index (κ1) is 26.8.